The lowest BCUT2D eigenvalue weighted by Gasteiger charge is -1.99. The van der Waals surface area contributed by atoms with E-state index >= 15 is 0 Å². The zero-order valence-electron chi connectivity index (χ0n) is 8.80. The molecule has 3 nitrogen and oxygen atoms in total. The molecule has 0 radical (unpaired) electrons. The third-order valence-electron chi connectivity index (χ3n) is 0.191. The number of hydrogen-bond acceptors (Lipinski definition) is 1. The van der Waals surface area contributed by atoms with Crippen LogP contribution in [-0.2, 0) is 0 Å². The fourth-order valence-corrected chi connectivity index (χ4v) is 0. The highest BCUT2D eigenvalue weighted by Crippen LogP contribution is 1.69. The molecule has 0 unspecified atom stereocenters. The summed E-state index contributed by atoms with van der Waals surface area (Å²) in [7, 11) is 0. The summed E-state index contributed by atoms with van der Waals surface area (Å²) in [5.41, 5.74) is 0. The number of rotatable bonds is 0. The summed E-state index contributed by atoms with van der Waals surface area (Å²) in [6, 6.07) is 0. The van der Waals surface area contributed by atoms with E-state index in [1.165, 1.54) is 0 Å². The van der Waals surface area contributed by atoms with Gasteiger partial charge in [0.15, 0.2) is 0 Å². The summed E-state index contributed by atoms with van der Waals surface area (Å²) < 4.78 is 39.6. The van der Waals surface area contributed by atoms with E-state index in [1.807, 2.05) is 0 Å². The van der Waals surface area contributed by atoms with Gasteiger partial charge < -0.3 is 10.0 Å². The molecule has 1 amide bonds. The van der Waals surface area contributed by atoms with Gasteiger partial charge in [0.05, 0.1) is 0 Å². The quantitative estimate of drug-likeness (QED) is 0.467. The van der Waals surface area contributed by atoms with Gasteiger partial charge in [-0.25, -0.2) is 4.79 Å². The largest absolute Gasteiger partial charge is 0.465 e. The van der Waals surface area contributed by atoms with E-state index in [1.54, 1.807) is 0 Å². The van der Waals surface area contributed by atoms with Crippen LogP contribution in [-0.4, -0.2) is 30.1 Å². The fourth-order valence-electron chi connectivity index (χ4n) is 0. The SMILES string of the molecule is [2H]C([2H])([2H])N(C(=O)O)C([2H])([2H])[2H]. The topological polar surface area (TPSA) is 40.5 Å². The second kappa shape index (κ2) is 1.64. The van der Waals surface area contributed by atoms with Gasteiger partial charge in [-0.2, -0.15) is 0 Å². The van der Waals surface area contributed by atoms with Crippen LogP contribution in [0, 0.1) is 0 Å². The molecule has 0 bridgehead atoms. The number of carboxylic acid groups (broad SMARTS) is 1. The molecule has 0 heterocycles. The molecule has 0 aromatic rings. The lowest BCUT2D eigenvalue weighted by Crippen LogP contribution is -2.18. The Morgan fingerprint density at radius 3 is 2.50 bits per heavy atom. The predicted molar refractivity (Wildman–Crippen MR) is 21.7 cm³/mol. The first kappa shape index (κ1) is 0.911. The Balaban J connectivity index is 4.82. The molecule has 36 valence electrons. The molecule has 0 aromatic heterocycles. The molecule has 0 saturated heterocycles. The van der Waals surface area contributed by atoms with Crippen molar-refractivity contribution < 1.29 is 18.1 Å². The maximum atomic E-state index is 10.2. The van der Waals surface area contributed by atoms with Gasteiger partial charge in [0, 0.05) is 22.2 Å². The van der Waals surface area contributed by atoms with Crippen molar-refractivity contribution >= 4 is 6.09 Å². The zero-order chi connectivity index (χ0) is 10.2. The third-order valence-corrected chi connectivity index (χ3v) is 0.191. The van der Waals surface area contributed by atoms with Gasteiger partial charge in [-0.15, -0.1) is 0 Å². The molecule has 0 aliphatic carbocycles. The number of nitrogens with zero attached hydrogens (tertiary/aromatic N) is 1. The predicted octanol–water partition coefficient (Wildman–Crippen LogP) is 0.226. The zero-order valence-corrected chi connectivity index (χ0v) is 2.80. The van der Waals surface area contributed by atoms with E-state index in [0.717, 1.165) is 0 Å². The summed E-state index contributed by atoms with van der Waals surface area (Å²) >= 11 is 0. The van der Waals surface area contributed by atoms with E-state index in [2.05, 4.69) is 0 Å². The van der Waals surface area contributed by atoms with Crippen molar-refractivity contribution in [3.05, 3.63) is 0 Å². The van der Waals surface area contributed by atoms with Crippen LogP contribution >= 0.6 is 0 Å². The minimum Gasteiger partial charge on any atom is -0.465 e. The Morgan fingerprint density at radius 1 is 2.00 bits per heavy atom. The first-order valence-corrected chi connectivity index (χ1v) is 1.10. The molecule has 0 aromatic carbocycles. The Hall–Kier alpha value is -0.730. The van der Waals surface area contributed by atoms with Gasteiger partial charge >= 0.3 is 6.09 Å². The van der Waals surface area contributed by atoms with E-state index < -0.39 is 24.9 Å². The molecule has 0 spiro atoms. The maximum Gasteiger partial charge on any atom is 0.406 e. The minimum atomic E-state index is -3.16. The smallest absolute Gasteiger partial charge is 0.406 e. The van der Waals surface area contributed by atoms with Crippen molar-refractivity contribution in [3.8, 4) is 0 Å². The van der Waals surface area contributed by atoms with Crippen LogP contribution in [0.4, 0.5) is 4.79 Å². The lowest BCUT2D eigenvalue weighted by atomic mass is 10.9. The van der Waals surface area contributed by atoms with Crippen molar-refractivity contribution in [2.45, 2.75) is 0 Å². The van der Waals surface area contributed by atoms with Gasteiger partial charge in [-0.05, 0) is 0 Å². The fraction of sp³-hybridized carbons (Fsp3) is 0.667. The van der Waals surface area contributed by atoms with Crippen LogP contribution in [0.1, 0.15) is 8.22 Å². The Kier molecular flexibility index (Phi) is 0.250. The number of hydrogen-bond donors (Lipinski definition) is 1. The molecule has 0 fully saturated rings. The normalized spacial score (nSPS) is 26.7. The highest BCUT2D eigenvalue weighted by molar-refractivity contribution is 5.63. The standard InChI is InChI=1S/C3H7NO2/c1-4(2)3(5)6/h1-2H3,(H,5,6)/i1D3,2D3. The minimum absolute atomic E-state index is 0.542. The highest BCUT2D eigenvalue weighted by Gasteiger charge is 1.91. The van der Waals surface area contributed by atoms with Crippen LogP contribution in [0.15, 0.2) is 0 Å². The first-order valence-electron chi connectivity index (χ1n) is 4.10. The molecular formula is C3H7NO2. The molecule has 3 heteroatoms. The van der Waals surface area contributed by atoms with Crippen LogP contribution < -0.4 is 0 Å². The van der Waals surface area contributed by atoms with E-state index in [0.29, 0.717) is 0 Å². The van der Waals surface area contributed by atoms with Crippen LogP contribution in [0.3, 0.4) is 0 Å². The Bertz CT molecular complexity index is 168. The second-order valence-electron chi connectivity index (χ2n) is 0.618. The van der Waals surface area contributed by atoms with E-state index in [-0.39, 0.29) is 0 Å². The second-order valence-corrected chi connectivity index (χ2v) is 0.618. The van der Waals surface area contributed by atoms with Gasteiger partial charge in [-0.1, -0.05) is 0 Å². The molecule has 0 aliphatic heterocycles. The molecule has 1 N–H and O–H groups in total. The summed E-state index contributed by atoms with van der Waals surface area (Å²) in [5, 5.41) is 8.25. The maximum absolute atomic E-state index is 10.2. The van der Waals surface area contributed by atoms with E-state index in [9.17, 15) is 4.79 Å². The van der Waals surface area contributed by atoms with Crippen molar-refractivity contribution in [3.63, 3.8) is 0 Å². The summed E-state index contributed by atoms with van der Waals surface area (Å²) in [6.45, 7) is -6.31. The van der Waals surface area contributed by atoms with E-state index in [4.69, 9.17) is 13.3 Å². The molecular weight excluding hydrogens is 82.0 g/mol. The molecule has 6 heavy (non-hydrogen) atoms. The Morgan fingerprint density at radius 2 is 2.50 bits per heavy atom. The number of amides is 1. The molecule has 0 saturated carbocycles. The Labute approximate surface area is 44.6 Å². The summed E-state index contributed by atoms with van der Waals surface area (Å²) in [6.07, 6.45) is -1.99. The molecule has 0 rings (SSSR count). The monoisotopic (exact) mass is 95.1 g/mol. The average molecular weight is 95.1 g/mol. The summed E-state index contributed by atoms with van der Waals surface area (Å²) in [5.74, 6) is 0. The van der Waals surface area contributed by atoms with Gasteiger partial charge in [-0.3, -0.25) is 0 Å². The van der Waals surface area contributed by atoms with Gasteiger partial charge in [0.2, 0.25) is 0 Å². The van der Waals surface area contributed by atoms with Crippen LogP contribution in [0.2, 0.25) is 0 Å². The molecule has 0 atom stereocenters. The third kappa shape index (κ3) is 1.58. The van der Waals surface area contributed by atoms with Crippen molar-refractivity contribution in [1.82, 2.24) is 4.90 Å². The first-order chi connectivity index (χ1) is 5.07. The van der Waals surface area contributed by atoms with Gasteiger partial charge in [0.1, 0.15) is 0 Å². The van der Waals surface area contributed by atoms with Gasteiger partial charge in [0.25, 0.3) is 0 Å². The average Bonchev–Trinajstić information content (AvgIpc) is 1.49. The van der Waals surface area contributed by atoms with Crippen molar-refractivity contribution in [2.75, 3.05) is 14.0 Å². The van der Waals surface area contributed by atoms with Crippen molar-refractivity contribution in [2.24, 2.45) is 0 Å². The highest BCUT2D eigenvalue weighted by atomic mass is 16.4. The van der Waals surface area contributed by atoms with Crippen LogP contribution in [0.25, 0.3) is 0 Å². The van der Waals surface area contributed by atoms with Crippen LogP contribution in [0.5, 0.6) is 0 Å². The van der Waals surface area contributed by atoms with Crippen molar-refractivity contribution in [1.29, 1.82) is 0 Å². The summed E-state index contributed by atoms with van der Waals surface area (Å²) in [4.78, 5) is 9.66. The molecule has 0 aliphatic rings. The number of carbonyl (C=O) groups is 1. The lowest BCUT2D eigenvalue weighted by molar-refractivity contribution is 0.165.